The highest BCUT2D eigenvalue weighted by Crippen LogP contribution is 2.34. The van der Waals surface area contributed by atoms with Gasteiger partial charge < -0.3 is 20.3 Å². The minimum atomic E-state index is 0.0569. The Morgan fingerprint density at radius 3 is 2.77 bits per heavy atom. The van der Waals surface area contributed by atoms with E-state index < -0.39 is 0 Å². The summed E-state index contributed by atoms with van der Waals surface area (Å²) in [7, 11) is 1.81. The van der Waals surface area contributed by atoms with E-state index in [0.29, 0.717) is 17.2 Å². The standard InChI is InChI=1S/C26H32IN5O2S/c1-6-10-32(16-27)22-11-18(4)30-26-19(22)8-7-9-23(26)34-14-20-21(28)12-29-13-24(20)35-15-25(33)31(5)17(2)3/h6-13,17H,14-16,28H2,1-5H3/b10-6-. The van der Waals surface area contributed by atoms with Crippen LogP contribution >= 0.6 is 34.4 Å². The summed E-state index contributed by atoms with van der Waals surface area (Å²) in [5.41, 5.74) is 10.4. The third-order valence-electron chi connectivity index (χ3n) is 5.62. The summed E-state index contributed by atoms with van der Waals surface area (Å²) in [5, 5.41) is 1.02. The number of anilines is 2. The van der Waals surface area contributed by atoms with Gasteiger partial charge in [-0.25, -0.2) is 4.98 Å². The van der Waals surface area contributed by atoms with Crippen LogP contribution in [0, 0.1) is 6.92 Å². The predicted molar refractivity (Wildman–Crippen MR) is 154 cm³/mol. The van der Waals surface area contributed by atoms with Crippen molar-refractivity contribution in [3.8, 4) is 5.75 Å². The Labute approximate surface area is 225 Å². The number of thioether (sulfide) groups is 1. The molecular weight excluding hydrogens is 573 g/mol. The Bertz CT molecular complexity index is 1220. The van der Waals surface area contributed by atoms with E-state index in [0.717, 1.165) is 37.3 Å². The number of para-hydroxylation sites is 1. The van der Waals surface area contributed by atoms with Gasteiger partial charge in [-0.2, -0.15) is 0 Å². The van der Waals surface area contributed by atoms with Crippen LogP contribution in [0.2, 0.25) is 0 Å². The number of nitrogens with two attached hydrogens (primary N) is 1. The molecule has 0 aliphatic rings. The number of halogens is 1. The number of amides is 1. The summed E-state index contributed by atoms with van der Waals surface area (Å²) in [5.74, 6) is 1.05. The van der Waals surface area contributed by atoms with Crippen LogP contribution in [0.3, 0.4) is 0 Å². The molecule has 9 heteroatoms. The van der Waals surface area contributed by atoms with Gasteiger partial charge in [-0.1, -0.05) is 40.8 Å². The molecule has 35 heavy (non-hydrogen) atoms. The number of ether oxygens (including phenoxy) is 1. The minimum absolute atomic E-state index is 0.0569. The molecule has 0 aliphatic carbocycles. The van der Waals surface area contributed by atoms with E-state index in [-0.39, 0.29) is 18.6 Å². The molecule has 0 saturated carbocycles. The van der Waals surface area contributed by atoms with E-state index in [2.05, 4.69) is 50.8 Å². The van der Waals surface area contributed by atoms with Gasteiger partial charge in [-0.05, 0) is 39.8 Å². The fourth-order valence-electron chi connectivity index (χ4n) is 3.49. The van der Waals surface area contributed by atoms with Gasteiger partial charge in [0.15, 0.2) is 0 Å². The summed E-state index contributed by atoms with van der Waals surface area (Å²) in [4.78, 5) is 26.2. The number of carbonyl (C=O) groups excluding carboxylic acids is 1. The van der Waals surface area contributed by atoms with Gasteiger partial charge in [0, 0.05) is 47.0 Å². The summed E-state index contributed by atoms with van der Waals surface area (Å²) >= 11 is 3.78. The number of benzene rings is 1. The van der Waals surface area contributed by atoms with Crippen LogP contribution in [0.1, 0.15) is 32.0 Å². The van der Waals surface area contributed by atoms with Crippen molar-refractivity contribution < 1.29 is 9.53 Å². The molecule has 3 aromatic rings. The highest BCUT2D eigenvalue weighted by Gasteiger charge is 2.17. The average Bonchev–Trinajstić information content (AvgIpc) is 2.84. The first-order valence-electron chi connectivity index (χ1n) is 11.4. The summed E-state index contributed by atoms with van der Waals surface area (Å²) in [6.45, 7) is 8.23. The van der Waals surface area contributed by atoms with Crippen LogP contribution in [0.5, 0.6) is 5.75 Å². The number of hydrogen-bond donors (Lipinski definition) is 1. The molecule has 0 atom stereocenters. The molecule has 0 spiro atoms. The van der Waals surface area contributed by atoms with E-state index >= 15 is 0 Å². The molecule has 0 bridgehead atoms. The molecule has 2 aromatic heterocycles. The maximum absolute atomic E-state index is 12.5. The number of aryl methyl sites for hydroxylation is 1. The zero-order valence-electron chi connectivity index (χ0n) is 20.8. The van der Waals surface area contributed by atoms with Crippen molar-refractivity contribution in [2.24, 2.45) is 0 Å². The largest absolute Gasteiger partial charge is 0.486 e. The first kappa shape index (κ1) is 27.1. The fraction of sp³-hybridized carbons (Fsp3) is 0.346. The summed E-state index contributed by atoms with van der Waals surface area (Å²) in [6.07, 6.45) is 7.44. The van der Waals surface area contributed by atoms with Crippen LogP contribution in [0.4, 0.5) is 11.4 Å². The molecule has 2 N–H and O–H groups in total. The van der Waals surface area contributed by atoms with Crippen molar-refractivity contribution in [3.05, 3.63) is 60.2 Å². The second-order valence-corrected chi connectivity index (χ2v) is 10.1. The van der Waals surface area contributed by atoms with Crippen LogP contribution in [-0.4, -0.2) is 44.2 Å². The van der Waals surface area contributed by atoms with Crippen molar-refractivity contribution in [3.63, 3.8) is 0 Å². The molecule has 0 unspecified atom stereocenters. The van der Waals surface area contributed by atoms with E-state index in [1.54, 1.807) is 17.3 Å². The highest BCUT2D eigenvalue weighted by atomic mass is 127. The molecule has 7 nitrogen and oxygen atoms in total. The Morgan fingerprint density at radius 2 is 2.09 bits per heavy atom. The Balaban J connectivity index is 1.89. The van der Waals surface area contributed by atoms with Crippen molar-refractivity contribution >= 4 is 62.5 Å². The van der Waals surface area contributed by atoms with Gasteiger partial charge in [0.05, 0.1) is 27.9 Å². The Hall–Kier alpha value is -2.53. The topological polar surface area (TPSA) is 84.6 Å². The molecule has 0 saturated heterocycles. The molecule has 1 amide bonds. The zero-order valence-corrected chi connectivity index (χ0v) is 23.8. The number of rotatable bonds is 10. The molecule has 0 radical (unpaired) electrons. The quantitative estimate of drug-likeness (QED) is 0.136. The molecule has 0 fully saturated rings. The van der Waals surface area contributed by atoms with Gasteiger partial charge in [0.25, 0.3) is 0 Å². The van der Waals surface area contributed by atoms with E-state index in [1.807, 2.05) is 53.0 Å². The first-order chi connectivity index (χ1) is 16.8. The molecule has 0 aliphatic heterocycles. The Kier molecular flexibility index (Phi) is 9.62. The number of aromatic nitrogens is 2. The lowest BCUT2D eigenvalue weighted by atomic mass is 10.1. The van der Waals surface area contributed by atoms with Gasteiger partial charge in [-0.3, -0.25) is 9.78 Å². The van der Waals surface area contributed by atoms with E-state index in [1.165, 1.54) is 11.8 Å². The lowest BCUT2D eigenvalue weighted by Gasteiger charge is -2.22. The van der Waals surface area contributed by atoms with Crippen molar-refractivity contribution in [1.82, 2.24) is 14.9 Å². The molecule has 3 rings (SSSR count). The number of alkyl halides is 1. The SMILES string of the molecule is C/C=C\N(CI)c1cc(C)nc2c(OCc3c(N)cncc3SCC(=O)N(C)C(C)C)cccc12. The maximum atomic E-state index is 12.5. The second kappa shape index (κ2) is 12.4. The highest BCUT2D eigenvalue weighted by molar-refractivity contribution is 14.1. The van der Waals surface area contributed by atoms with Crippen LogP contribution in [0.15, 0.2) is 53.8 Å². The minimum Gasteiger partial charge on any atom is -0.486 e. The number of fused-ring (bicyclic) bond motifs is 1. The molecule has 186 valence electrons. The van der Waals surface area contributed by atoms with Crippen LogP contribution in [0.25, 0.3) is 10.9 Å². The van der Waals surface area contributed by atoms with Gasteiger partial charge in [0.2, 0.25) is 5.91 Å². The number of pyridine rings is 2. The number of allylic oxidation sites excluding steroid dienone is 1. The predicted octanol–water partition coefficient (Wildman–Crippen LogP) is 5.79. The van der Waals surface area contributed by atoms with Crippen LogP contribution in [-0.2, 0) is 11.4 Å². The molecular formula is C26H32IN5O2S. The van der Waals surface area contributed by atoms with Crippen molar-refractivity contribution in [2.75, 3.05) is 28.0 Å². The monoisotopic (exact) mass is 605 g/mol. The Morgan fingerprint density at radius 1 is 1.31 bits per heavy atom. The first-order valence-corrected chi connectivity index (χ1v) is 13.9. The van der Waals surface area contributed by atoms with Gasteiger partial charge in [-0.15, -0.1) is 11.8 Å². The lowest BCUT2D eigenvalue weighted by Crippen LogP contribution is -2.34. The van der Waals surface area contributed by atoms with Crippen molar-refractivity contribution in [2.45, 2.75) is 45.2 Å². The smallest absolute Gasteiger partial charge is 0.232 e. The normalized spacial score (nSPS) is 11.4. The molecule has 2 heterocycles. The van der Waals surface area contributed by atoms with Gasteiger partial charge >= 0.3 is 0 Å². The van der Waals surface area contributed by atoms with Crippen LogP contribution < -0.4 is 15.4 Å². The third kappa shape index (κ3) is 6.58. The van der Waals surface area contributed by atoms with Gasteiger partial charge in [0.1, 0.15) is 17.9 Å². The maximum Gasteiger partial charge on any atom is 0.232 e. The lowest BCUT2D eigenvalue weighted by molar-refractivity contribution is -0.128. The van der Waals surface area contributed by atoms with E-state index in [9.17, 15) is 4.79 Å². The van der Waals surface area contributed by atoms with Crippen molar-refractivity contribution in [1.29, 1.82) is 0 Å². The molecule has 1 aromatic carbocycles. The summed E-state index contributed by atoms with van der Waals surface area (Å²) < 4.78 is 7.10. The number of hydrogen-bond acceptors (Lipinski definition) is 7. The number of nitrogen functional groups attached to an aromatic ring is 1. The summed E-state index contributed by atoms with van der Waals surface area (Å²) in [6, 6.07) is 8.20. The second-order valence-electron chi connectivity index (χ2n) is 8.39. The average molecular weight is 606 g/mol. The van der Waals surface area contributed by atoms with E-state index in [4.69, 9.17) is 15.5 Å². The number of carbonyl (C=O) groups is 1. The third-order valence-corrected chi connectivity index (χ3v) is 7.41. The zero-order chi connectivity index (χ0) is 25.5. The number of nitrogens with zero attached hydrogens (tertiary/aromatic N) is 4. The fourth-order valence-corrected chi connectivity index (χ4v) is 5.05.